The maximum absolute atomic E-state index is 12.0. The Labute approximate surface area is 109 Å². The second-order valence-electron chi connectivity index (χ2n) is 4.65. The van der Waals surface area contributed by atoms with Crippen LogP contribution in [-0.2, 0) is 14.3 Å². The first-order chi connectivity index (χ1) is 8.75. The molecule has 1 saturated heterocycles. The lowest BCUT2D eigenvalue weighted by atomic mass is 10.0. The smallest absolute Gasteiger partial charge is 0.350 e. The Kier molecular flexibility index (Phi) is 5.57. The molecule has 8 heteroatoms. The van der Waals surface area contributed by atoms with Gasteiger partial charge in [-0.05, 0) is 13.3 Å². The summed E-state index contributed by atoms with van der Waals surface area (Å²) in [5.74, 6) is -2.95. The highest BCUT2D eigenvalue weighted by Gasteiger charge is 2.40. The lowest BCUT2D eigenvalue weighted by molar-refractivity contribution is -0.274. The van der Waals surface area contributed by atoms with Crippen LogP contribution >= 0.6 is 0 Å². The molecule has 1 atom stereocenters. The molecule has 0 aromatic rings. The number of halogens is 3. The molecule has 1 fully saturated rings. The minimum absolute atomic E-state index is 0.135. The Morgan fingerprint density at radius 2 is 2.00 bits per heavy atom. The van der Waals surface area contributed by atoms with E-state index in [0.29, 0.717) is 19.6 Å². The van der Waals surface area contributed by atoms with Crippen molar-refractivity contribution >= 4 is 5.91 Å². The number of nitrogens with two attached hydrogens (primary N) is 1. The summed E-state index contributed by atoms with van der Waals surface area (Å²) in [6.45, 7) is 2.53. The quantitative estimate of drug-likeness (QED) is 0.787. The number of carbonyl (C=O) groups excluding carboxylic acids is 1. The Morgan fingerprint density at radius 1 is 1.42 bits per heavy atom. The molecule has 19 heavy (non-hydrogen) atoms. The van der Waals surface area contributed by atoms with Gasteiger partial charge < -0.3 is 20.5 Å². The van der Waals surface area contributed by atoms with Crippen LogP contribution in [0.2, 0.25) is 0 Å². The van der Waals surface area contributed by atoms with E-state index in [1.807, 2.05) is 0 Å². The van der Waals surface area contributed by atoms with Crippen LogP contribution in [0.15, 0.2) is 0 Å². The van der Waals surface area contributed by atoms with E-state index in [-0.39, 0.29) is 19.0 Å². The summed E-state index contributed by atoms with van der Waals surface area (Å²) in [5, 5.41) is 1.80. The van der Waals surface area contributed by atoms with E-state index >= 15 is 0 Å². The van der Waals surface area contributed by atoms with Crippen molar-refractivity contribution in [3.05, 3.63) is 0 Å². The minimum atomic E-state index is -4.87. The third-order valence-corrected chi connectivity index (χ3v) is 2.70. The summed E-state index contributed by atoms with van der Waals surface area (Å²) >= 11 is 0. The van der Waals surface area contributed by atoms with Crippen LogP contribution in [0.5, 0.6) is 0 Å². The van der Waals surface area contributed by atoms with E-state index in [0.717, 1.165) is 6.42 Å². The van der Waals surface area contributed by atoms with Gasteiger partial charge in [0.05, 0.1) is 13.2 Å². The molecule has 5 nitrogen and oxygen atoms in total. The molecule has 112 valence electrons. The molecule has 3 N–H and O–H groups in total. The van der Waals surface area contributed by atoms with E-state index in [1.54, 1.807) is 12.2 Å². The number of rotatable bonds is 5. The monoisotopic (exact) mass is 284 g/mol. The maximum atomic E-state index is 12.0. The summed E-state index contributed by atoms with van der Waals surface area (Å²) in [4.78, 5) is 10.7. The molecule has 1 aliphatic heterocycles. The molecule has 0 aliphatic carbocycles. The van der Waals surface area contributed by atoms with Gasteiger partial charge >= 0.3 is 12.1 Å². The van der Waals surface area contributed by atoms with Crippen LogP contribution < -0.4 is 11.1 Å². The minimum Gasteiger partial charge on any atom is -0.350 e. The summed E-state index contributed by atoms with van der Waals surface area (Å²) in [6, 6.07) is -0.212. The molecule has 0 saturated carbocycles. The molecule has 0 radical (unpaired) electrons. The van der Waals surface area contributed by atoms with Crippen LogP contribution in [0.1, 0.15) is 26.2 Å². The first-order valence-corrected chi connectivity index (χ1v) is 6.14. The second kappa shape index (κ2) is 6.53. The molecule has 1 aliphatic rings. The van der Waals surface area contributed by atoms with Gasteiger partial charge in [-0.2, -0.15) is 13.2 Å². The zero-order valence-corrected chi connectivity index (χ0v) is 10.8. The molecule has 0 aromatic carbocycles. The fourth-order valence-corrected chi connectivity index (χ4v) is 1.94. The van der Waals surface area contributed by atoms with Crippen molar-refractivity contribution in [2.45, 2.75) is 44.2 Å². The Balaban J connectivity index is 2.47. The first-order valence-electron chi connectivity index (χ1n) is 6.14. The molecular formula is C11H19F3N2O3. The highest BCUT2D eigenvalue weighted by molar-refractivity contribution is 5.81. The fourth-order valence-electron chi connectivity index (χ4n) is 1.94. The average Bonchev–Trinajstić information content (AvgIpc) is 2.27. The molecule has 1 rings (SSSR count). The fraction of sp³-hybridized carbons (Fsp3) is 0.909. The molecule has 0 bridgehead atoms. The zero-order chi connectivity index (χ0) is 14.5. The maximum Gasteiger partial charge on any atom is 0.471 e. The van der Waals surface area contributed by atoms with Crippen LogP contribution in [0, 0.1) is 0 Å². The molecule has 0 unspecified atom stereocenters. The van der Waals surface area contributed by atoms with Gasteiger partial charge in [-0.1, -0.05) is 0 Å². The number of nitrogens with one attached hydrogen (secondary N) is 1. The van der Waals surface area contributed by atoms with Crippen molar-refractivity contribution in [3.8, 4) is 0 Å². The van der Waals surface area contributed by atoms with Crippen molar-refractivity contribution in [2.24, 2.45) is 5.73 Å². The largest absolute Gasteiger partial charge is 0.471 e. The number of hydrogen-bond acceptors (Lipinski definition) is 4. The Bertz CT molecular complexity index is 302. The Hall–Kier alpha value is -0.860. The zero-order valence-electron chi connectivity index (χ0n) is 10.8. The Morgan fingerprint density at radius 3 is 2.47 bits per heavy atom. The summed E-state index contributed by atoms with van der Waals surface area (Å²) in [6.07, 6.45) is -3.64. The van der Waals surface area contributed by atoms with Crippen molar-refractivity contribution in [1.82, 2.24) is 5.32 Å². The predicted octanol–water partition coefficient (Wildman–Crippen LogP) is 0.925. The predicted molar refractivity (Wildman–Crippen MR) is 61.2 cm³/mol. The third-order valence-electron chi connectivity index (χ3n) is 2.70. The van der Waals surface area contributed by atoms with E-state index in [9.17, 15) is 18.0 Å². The van der Waals surface area contributed by atoms with Crippen molar-refractivity contribution < 1.29 is 27.4 Å². The SMILES string of the molecule is C[C@@H](N)CC1(CCNC(=O)C(F)(F)F)OCCCO1. The third kappa shape index (κ3) is 5.33. The van der Waals surface area contributed by atoms with Crippen molar-refractivity contribution in [2.75, 3.05) is 19.8 Å². The number of carbonyl (C=O) groups is 1. The number of ether oxygens (including phenoxy) is 2. The standard InChI is InChI=1S/C11H19F3N2O3/c1-8(15)7-10(18-5-2-6-19-10)3-4-16-9(17)11(12,13)14/h8H,2-7,15H2,1H3,(H,16,17)/t8-/m1/s1. The van der Waals surface area contributed by atoms with Gasteiger partial charge in [-0.25, -0.2) is 0 Å². The van der Waals surface area contributed by atoms with E-state index in [1.165, 1.54) is 0 Å². The van der Waals surface area contributed by atoms with Gasteiger partial charge in [0.15, 0.2) is 5.79 Å². The number of alkyl halides is 3. The van der Waals surface area contributed by atoms with Crippen LogP contribution in [0.4, 0.5) is 13.2 Å². The van der Waals surface area contributed by atoms with E-state index < -0.39 is 17.9 Å². The molecule has 1 amide bonds. The van der Waals surface area contributed by atoms with Gasteiger partial charge in [-0.15, -0.1) is 0 Å². The lowest BCUT2D eigenvalue weighted by Crippen LogP contribution is -2.47. The normalized spacial score (nSPS) is 20.9. The van der Waals surface area contributed by atoms with E-state index in [4.69, 9.17) is 15.2 Å². The van der Waals surface area contributed by atoms with Gasteiger partial charge in [-0.3, -0.25) is 4.79 Å². The van der Waals surface area contributed by atoms with Gasteiger partial charge in [0.2, 0.25) is 0 Å². The number of amides is 1. The summed E-state index contributed by atoms with van der Waals surface area (Å²) in [7, 11) is 0. The highest BCUT2D eigenvalue weighted by Crippen LogP contribution is 2.27. The summed E-state index contributed by atoms with van der Waals surface area (Å²) in [5.41, 5.74) is 5.68. The van der Waals surface area contributed by atoms with Crippen LogP contribution in [0.3, 0.4) is 0 Å². The van der Waals surface area contributed by atoms with Crippen LogP contribution in [0.25, 0.3) is 0 Å². The van der Waals surface area contributed by atoms with E-state index in [2.05, 4.69) is 0 Å². The molecule has 1 heterocycles. The van der Waals surface area contributed by atoms with Gasteiger partial charge in [0.1, 0.15) is 0 Å². The lowest BCUT2D eigenvalue weighted by Gasteiger charge is -2.38. The first kappa shape index (κ1) is 16.2. The van der Waals surface area contributed by atoms with Crippen LogP contribution in [-0.4, -0.2) is 43.7 Å². The molecule has 0 spiro atoms. The average molecular weight is 284 g/mol. The van der Waals surface area contributed by atoms with Gasteiger partial charge in [0, 0.05) is 25.4 Å². The van der Waals surface area contributed by atoms with Gasteiger partial charge in [0.25, 0.3) is 0 Å². The molecule has 0 aromatic heterocycles. The van der Waals surface area contributed by atoms with Crippen molar-refractivity contribution in [1.29, 1.82) is 0 Å². The number of hydrogen-bond donors (Lipinski definition) is 2. The highest BCUT2D eigenvalue weighted by atomic mass is 19.4. The topological polar surface area (TPSA) is 73.6 Å². The van der Waals surface area contributed by atoms with Crippen molar-refractivity contribution in [3.63, 3.8) is 0 Å². The summed E-state index contributed by atoms with van der Waals surface area (Å²) < 4.78 is 47.1. The molecular weight excluding hydrogens is 265 g/mol. The second-order valence-corrected chi connectivity index (χ2v) is 4.65.